The van der Waals surface area contributed by atoms with E-state index in [1.54, 1.807) is 0 Å². The second-order valence-electron chi connectivity index (χ2n) is 10.1. The molecule has 1 N–H and O–H groups in total. The van der Waals surface area contributed by atoms with Crippen molar-refractivity contribution >= 4 is 17.5 Å². The van der Waals surface area contributed by atoms with Crippen LogP contribution in [0.15, 0.2) is 48.5 Å². The second kappa shape index (κ2) is 9.25. The Balaban J connectivity index is 1.84. The molecule has 2 aromatic rings. The van der Waals surface area contributed by atoms with Crippen molar-refractivity contribution in [2.24, 2.45) is 11.8 Å². The summed E-state index contributed by atoms with van der Waals surface area (Å²) in [7, 11) is 0. The zero-order valence-corrected chi connectivity index (χ0v) is 19.7. The molecule has 1 aliphatic heterocycles. The fourth-order valence-electron chi connectivity index (χ4n) is 4.63. The Labute approximate surface area is 187 Å². The molecule has 1 saturated heterocycles. The molecule has 0 aliphatic carbocycles. The molecule has 4 heteroatoms. The van der Waals surface area contributed by atoms with Crippen molar-refractivity contribution in [2.45, 2.75) is 65.8 Å². The predicted molar refractivity (Wildman–Crippen MR) is 127 cm³/mol. The van der Waals surface area contributed by atoms with Crippen molar-refractivity contribution < 1.29 is 9.59 Å². The van der Waals surface area contributed by atoms with Crippen LogP contribution in [-0.4, -0.2) is 29.3 Å². The molecule has 4 nitrogen and oxygen atoms in total. The molecule has 3 rings (SSSR count). The van der Waals surface area contributed by atoms with Crippen molar-refractivity contribution in [3.05, 3.63) is 65.2 Å². The van der Waals surface area contributed by atoms with E-state index in [1.165, 1.54) is 5.56 Å². The molecule has 2 amide bonds. The van der Waals surface area contributed by atoms with Crippen LogP contribution < -0.4 is 5.32 Å². The third kappa shape index (κ3) is 5.17. The number of anilines is 1. The highest BCUT2D eigenvalue weighted by atomic mass is 16.2. The summed E-state index contributed by atoms with van der Waals surface area (Å²) in [6.45, 7) is 13.4. The average molecular weight is 421 g/mol. The number of piperidine rings is 1. The summed E-state index contributed by atoms with van der Waals surface area (Å²) < 4.78 is 0. The van der Waals surface area contributed by atoms with Gasteiger partial charge in [-0.25, -0.2) is 0 Å². The first kappa shape index (κ1) is 23.1. The van der Waals surface area contributed by atoms with E-state index in [4.69, 9.17) is 0 Å². The molecule has 0 spiro atoms. The maximum Gasteiger partial charge on any atom is 0.254 e. The minimum absolute atomic E-state index is 0.00652. The largest absolute Gasteiger partial charge is 0.335 e. The Bertz CT molecular complexity index is 942. The van der Waals surface area contributed by atoms with Gasteiger partial charge in [-0.2, -0.15) is 0 Å². The number of nitrogens with one attached hydrogen (secondary N) is 1. The SMILES string of the molecule is Cc1ccccc1C(=O)N1CCC[C@H](C(=O)Nc2cccc(C(C)(C)C)c2)[C@@H]1C(C)C. The van der Waals surface area contributed by atoms with Crippen LogP contribution in [0, 0.1) is 18.8 Å². The molecule has 1 aliphatic rings. The molecule has 0 aromatic heterocycles. The Morgan fingerprint density at radius 2 is 1.77 bits per heavy atom. The summed E-state index contributed by atoms with van der Waals surface area (Å²) in [4.78, 5) is 28.7. The van der Waals surface area contributed by atoms with E-state index in [0.717, 1.165) is 29.7 Å². The predicted octanol–water partition coefficient (Wildman–Crippen LogP) is 5.81. The van der Waals surface area contributed by atoms with Gasteiger partial charge in [0.15, 0.2) is 0 Å². The minimum atomic E-state index is -0.222. The highest BCUT2D eigenvalue weighted by Gasteiger charge is 2.40. The van der Waals surface area contributed by atoms with Gasteiger partial charge in [0.25, 0.3) is 5.91 Å². The van der Waals surface area contributed by atoms with Crippen LogP contribution in [0.3, 0.4) is 0 Å². The van der Waals surface area contributed by atoms with E-state index in [9.17, 15) is 9.59 Å². The van der Waals surface area contributed by atoms with E-state index in [2.05, 4.69) is 52.1 Å². The van der Waals surface area contributed by atoms with Crippen LogP contribution in [0.4, 0.5) is 5.69 Å². The molecular formula is C27H36N2O2. The first-order valence-corrected chi connectivity index (χ1v) is 11.4. The molecule has 1 fully saturated rings. The van der Waals surface area contributed by atoms with Crippen molar-refractivity contribution in [3.63, 3.8) is 0 Å². The number of carbonyl (C=O) groups excluding carboxylic acids is 2. The molecule has 1 heterocycles. The van der Waals surface area contributed by atoms with Gasteiger partial charge in [-0.1, -0.05) is 65.0 Å². The highest BCUT2D eigenvalue weighted by Crippen LogP contribution is 2.32. The number of likely N-dealkylation sites (tertiary alicyclic amines) is 1. The van der Waals surface area contributed by atoms with E-state index in [1.807, 2.05) is 48.2 Å². The van der Waals surface area contributed by atoms with Gasteiger partial charge in [0.05, 0.1) is 5.92 Å². The summed E-state index contributed by atoms with van der Waals surface area (Å²) >= 11 is 0. The molecule has 0 bridgehead atoms. The van der Waals surface area contributed by atoms with Crippen molar-refractivity contribution in [1.82, 2.24) is 4.90 Å². The second-order valence-corrected chi connectivity index (χ2v) is 10.1. The van der Waals surface area contributed by atoms with Gasteiger partial charge < -0.3 is 10.2 Å². The lowest BCUT2D eigenvalue weighted by molar-refractivity contribution is -0.123. The first-order chi connectivity index (χ1) is 14.6. The van der Waals surface area contributed by atoms with Gasteiger partial charge in [-0.15, -0.1) is 0 Å². The quantitative estimate of drug-likeness (QED) is 0.679. The number of rotatable bonds is 4. The maximum atomic E-state index is 13.4. The zero-order valence-electron chi connectivity index (χ0n) is 19.7. The normalized spacial score (nSPS) is 19.4. The van der Waals surface area contributed by atoms with Crippen LogP contribution in [0.2, 0.25) is 0 Å². The average Bonchev–Trinajstić information content (AvgIpc) is 2.72. The number of nitrogens with zero attached hydrogens (tertiary/aromatic N) is 1. The van der Waals surface area contributed by atoms with Crippen molar-refractivity contribution in [3.8, 4) is 0 Å². The maximum absolute atomic E-state index is 13.4. The van der Waals surface area contributed by atoms with Gasteiger partial charge in [0, 0.05) is 23.8 Å². The topological polar surface area (TPSA) is 49.4 Å². The minimum Gasteiger partial charge on any atom is -0.335 e. The van der Waals surface area contributed by atoms with Crippen molar-refractivity contribution in [1.29, 1.82) is 0 Å². The smallest absolute Gasteiger partial charge is 0.254 e. The zero-order chi connectivity index (χ0) is 22.8. The van der Waals surface area contributed by atoms with Gasteiger partial charge in [0.1, 0.15) is 0 Å². The summed E-state index contributed by atoms with van der Waals surface area (Å²) in [5.74, 6) is 0.000937. The number of benzene rings is 2. The lowest BCUT2D eigenvalue weighted by Crippen LogP contribution is -2.54. The van der Waals surface area contributed by atoms with Gasteiger partial charge >= 0.3 is 0 Å². The fourth-order valence-corrected chi connectivity index (χ4v) is 4.63. The monoisotopic (exact) mass is 420 g/mol. The standard InChI is InChI=1S/C27H36N2O2/c1-18(2)24-23(25(30)28-21-13-9-12-20(17-21)27(4,5)6)15-10-16-29(24)26(31)22-14-8-7-11-19(22)3/h7-9,11-14,17-18,23-24H,10,15-16H2,1-6H3,(H,28,30)/t23-,24-/m0/s1. The molecule has 2 atom stereocenters. The fraction of sp³-hybridized carbons (Fsp3) is 0.481. The van der Waals surface area contributed by atoms with Gasteiger partial charge in [-0.3, -0.25) is 9.59 Å². The molecule has 0 unspecified atom stereocenters. The number of amides is 2. The van der Waals surface area contributed by atoms with E-state index in [-0.39, 0.29) is 35.1 Å². The number of carbonyl (C=O) groups is 2. The Hall–Kier alpha value is -2.62. The molecular weight excluding hydrogens is 384 g/mol. The molecule has 31 heavy (non-hydrogen) atoms. The third-order valence-corrected chi connectivity index (χ3v) is 6.34. The first-order valence-electron chi connectivity index (χ1n) is 11.4. The third-order valence-electron chi connectivity index (χ3n) is 6.34. The van der Waals surface area contributed by atoms with Gasteiger partial charge in [0.2, 0.25) is 5.91 Å². The van der Waals surface area contributed by atoms with E-state index < -0.39 is 0 Å². The van der Waals surface area contributed by atoms with Crippen LogP contribution in [0.5, 0.6) is 0 Å². The lowest BCUT2D eigenvalue weighted by atomic mass is 9.81. The summed E-state index contributed by atoms with van der Waals surface area (Å²) in [5.41, 5.74) is 3.73. The molecule has 2 aromatic carbocycles. The Morgan fingerprint density at radius 1 is 1.06 bits per heavy atom. The summed E-state index contributed by atoms with van der Waals surface area (Å²) in [5, 5.41) is 3.14. The molecule has 0 saturated carbocycles. The Morgan fingerprint density at radius 3 is 2.42 bits per heavy atom. The Kier molecular flexibility index (Phi) is 6.88. The van der Waals surface area contributed by atoms with E-state index in [0.29, 0.717) is 6.54 Å². The van der Waals surface area contributed by atoms with Crippen LogP contribution in [0.1, 0.15) is 68.9 Å². The summed E-state index contributed by atoms with van der Waals surface area (Å²) in [6, 6.07) is 15.7. The number of aryl methyl sites for hydroxylation is 1. The highest BCUT2D eigenvalue weighted by molar-refractivity contribution is 5.97. The summed E-state index contributed by atoms with van der Waals surface area (Å²) in [6.07, 6.45) is 1.63. The van der Waals surface area contributed by atoms with E-state index >= 15 is 0 Å². The van der Waals surface area contributed by atoms with Crippen molar-refractivity contribution in [2.75, 3.05) is 11.9 Å². The van der Waals surface area contributed by atoms with Crippen LogP contribution in [0.25, 0.3) is 0 Å². The number of hydrogen-bond acceptors (Lipinski definition) is 2. The lowest BCUT2D eigenvalue weighted by Gasteiger charge is -2.43. The molecule has 166 valence electrons. The number of hydrogen-bond donors (Lipinski definition) is 1. The van der Waals surface area contributed by atoms with Crippen LogP contribution in [-0.2, 0) is 10.2 Å². The molecule has 0 radical (unpaired) electrons. The van der Waals surface area contributed by atoms with Crippen LogP contribution >= 0.6 is 0 Å². The van der Waals surface area contributed by atoms with Gasteiger partial charge in [-0.05, 0) is 60.4 Å².